The molecule has 0 saturated heterocycles. The van der Waals surface area contributed by atoms with Gasteiger partial charge in [-0.05, 0) is 120 Å². The number of anilines is 6. The van der Waals surface area contributed by atoms with Crippen LogP contribution in [0, 0.1) is 0 Å². The first-order valence-corrected chi connectivity index (χ1v) is 25.0. The summed E-state index contributed by atoms with van der Waals surface area (Å²) in [6, 6.07) is 90.4. The SMILES string of the molecule is c1ccc(N2c3cc4c(cc3B3c5cc(-n6c7ccccc7c7ccccc76)ccc5N(c5ccc(-n6c7ccccc7c7ccccc76)cc5)c5cccc2c53)c2cccc3c5ccccc5n4c32)cc1. The van der Waals surface area contributed by atoms with Crippen molar-refractivity contribution in [1.29, 1.82) is 0 Å². The summed E-state index contributed by atoms with van der Waals surface area (Å²) >= 11 is 0. The Bertz CT molecular complexity index is 4670. The molecule has 2 aliphatic heterocycles. The molecule has 72 heavy (non-hydrogen) atoms. The number of rotatable bonds is 4. The lowest BCUT2D eigenvalue weighted by atomic mass is 9.33. The molecule has 0 fully saturated rings. The van der Waals surface area contributed by atoms with E-state index < -0.39 is 0 Å². The molecule has 0 amide bonds. The van der Waals surface area contributed by atoms with E-state index in [1.807, 2.05) is 0 Å². The lowest BCUT2D eigenvalue weighted by molar-refractivity contribution is 1.17. The fourth-order valence-corrected chi connectivity index (χ4v) is 13.3. The molecule has 17 rings (SSSR count). The van der Waals surface area contributed by atoms with Crippen molar-refractivity contribution in [2.45, 2.75) is 0 Å². The van der Waals surface area contributed by atoms with E-state index in [0.29, 0.717) is 0 Å². The minimum Gasteiger partial charge on any atom is -0.311 e. The van der Waals surface area contributed by atoms with E-state index in [1.54, 1.807) is 0 Å². The molecular formula is C66H40BN5. The van der Waals surface area contributed by atoms with Crippen molar-refractivity contribution in [3.05, 3.63) is 243 Å². The number of hydrogen-bond acceptors (Lipinski definition) is 2. The van der Waals surface area contributed by atoms with Gasteiger partial charge in [0.15, 0.2) is 0 Å². The normalized spacial score (nSPS) is 13.2. The summed E-state index contributed by atoms with van der Waals surface area (Å²) in [5.74, 6) is 0. The van der Waals surface area contributed by atoms with Crippen LogP contribution in [0.25, 0.3) is 93.1 Å². The maximum Gasteiger partial charge on any atom is 0.252 e. The molecule has 0 radical (unpaired) electrons. The minimum atomic E-state index is -0.0801. The summed E-state index contributed by atoms with van der Waals surface area (Å²) in [5, 5.41) is 10.2. The predicted molar refractivity (Wildman–Crippen MR) is 304 cm³/mol. The zero-order chi connectivity index (χ0) is 46.8. The highest BCUT2D eigenvalue weighted by molar-refractivity contribution is 7.00. The molecule has 6 heteroatoms. The molecule has 4 aromatic heterocycles. The van der Waals surface area contributed by atoms with Gasteiger partial charge < -0.3 is 23.3 Å². The van der Waals surface area contributed by atoms with Gasteiger partial charge in [-0.1, -0.05) is 140 Å². The van der Waals surface area contributed by atoms with Crippen LogP contribution < -0.4 is 26.2 Å². The molecule has 5 nitrogen and oxygen atoms in total. The second-order valence-electron chi connectivity index (χ2n) is 19.6. The first-order chi connectivity index (χ1) is 35.8. The molecular weight excluding hydrogens is 874 g/mol. The Labute approximate surface area is 414 Å². The summed E-state index contributed by atoms with van der Waals surface area (Å²) < 4.78 is 7.40. The van der Waals surface area contributed by atoms with Crippen molar-refractivity contribution in [1.82, 2.24) is 13.5 Å². The van der Waals surface area contributed by atoms with Crippen LogP contribution in [0.3, 0.4) is 0 Å². The molecule has 0 atom stereocenters. The van der Waals surface area contributed by atoms with Gasteiger partial charge in [0.25, 0.3) is 6.71 Å². The van der Waals surface area contributed by atoms with E-state index in [-0.39, 0.29) is 6.71 Å². The van der Waals surface area contributed by atoms with Crippen molar-refractivity contribution in [3.8, 4) is 11.4 Å². The highest BCUT2D eigenvalue weighted by Crippen LogP contribution is 2.47. The highest BCUT2D eigenvalue weighted by atomic mass is 15.2. The maximum atomic E-state index is 2.55. The van der Waals surface area contributed by atoms with Crippen LogP contribution in [0.1, 0.15) is 0 Å². The third-order valence-corrected chi connectivity index (χ3v) is 16.1. The molecule has 0 bridgehead atoms. The van der Waals surface area contributed by atoms with Crippen molar-refractivity contribution in [2.24, 2.45) is 0 Å². The van der Waals surface area contributed by atoms with Crippen molar-refractivity contribution >= 4 is 139 Å². The summed E-state index contributed by atoms with van der Waals surface area (Å²) in [7, 11) is 0. The molecule has 332 valence electrons. The quantitative estimate of drug-likeness (QED) is 0.164. The van der Waals surface area contributed by atoms with Gasteiger partial charge in [-0.2, -0.15) is 0 Å². The summed E-state index contributed by atoms with van der Waals surface area (Å²) in [4.78, 5) is 5.05. The van der Waals surface area contributed by atoms with Gasteiger partial charge in [-0.3, -0.25) is 0 Å². The Kier molecular flexibility index (Phi) is 7.49. The zero-order valence-electron chi connectivity index (χ0n) is 38.9. The van der Waals surface area contributed by atoms with Crippen molar-refractivity contribution in [2.75, 3.05) is 9.80 Å². The van der Waals surface area contributed by atoms with Crippen molar-refractivity contribution < 1.29 is 0 Å². The van der Waals surface area contributed by atoms with E-state index in [1.165, 1.54) is 121 Å². The van der Waals surface area contributed by atoms with Crippen LogP contribution in [0.4, 0.5) is 34.1 Å². The van der Waals surface area contributed by atoms with Gasteiger partial charge in [0.2, 0.25) is 0 Å². The van der Waals surface area contributed by atoms with E-state index in [0.717, 1.165) is 22.7 Å². The average molecular weight is 914 g/mol. The number of aromatic nitrogens is 3. The minimum absolute atomic E-state index is 0.0801. The van der Waals surface area contributed by atoms with Gasteiger partial charge in [0.1, 0.15) is 0 Å². The summed E-state index contributed by atoms with van der Waals surface area (Å²) in [6.07, 6.45) is 0. The van der Waals surface area contributed by atoms with Crippen LogP contribution in [0.2, 0.25) is 0 Å². The predicted octanol–water partition coefficient (Wildman–Crippen LogP) is 15.1. The van der Waals surface area contributed by atoms with Crippen LogP contribution in [-0.2, 0) is 0 Å². The fourth-order valence-electron chi connectivity index (χ4n) is 13.3. The molecule has 0 N–H and O–H groups in total. The van der Waals surface area contributed by atoms with Gasteiger partial charge in [0.05, 0.1) is 38.6 Å². The molecule has 0 unspecified atom stereocenters. The Morgan fingerprint density at radius 2 is 0.681 bits per heavy atom. The molecule has 2 aliphatic rings. The molecule has 6 heterocycles. The number of nitrogens with zero attached hydrogens (tertiary/aromatic N) is 5. The van der Waals surface area contributed by atoms with Crippen LogP contribution in [-0.4, -0.2) is 20.2 Å². The second-order valence-corrected chi connectivity index (χ2v) is 19.6. The first-order valence-electron chi connectivity index (χ1n) is 25.0. The number of fused-ring (bicyclic) bond motifs is 16. The lowest BCUT2D eigenvalue weighted by Gasteiger charge is -2.44. The Balaban J connectivity index is 0.956. The van der Waals surface area contributed by atoms with Gasteiger partial charge >= 0.3 is 0 Å². The summed E-state index contributed by atoms with van der Waals surface area (Å²) in [5.41, 5.74) is 21.7. The highest BCUT2D eigenvalue weighted by Gasteiger charge is 2.44. The van der Waals surface area contributed by atoms with Gasteiger partial charge in [-0.15, -0.1) is 0 Å². The molecule has 15 aromatic rings. The third-order valence-electron chi connectivity index (χ3n) is 16.1. The molecule has 0 saturated carbocycles. The van der Waals surface area contributed by atoms with E-state index in [4.69, 9.17) is 0 Å². The maximum absolute atomic E-state index is 2.55. The molecule has 11 aromatic carbocycles. The smallest absolute Gasteiger partial charge is 0.252 e. The number of hydrogen-bond donors (Lipinski definition) is 0. The number of benzene rings is 11. The van der Waals surface area contributed by atoms with Crippen LogP contribution in [0.5, 0.6) is 0 Å². The van der Waals surface area contributed by atoms with E-state index in [9.17, 15) is 0 Å². The third kappa shape index (κ3) is 4.92. The number of para-hydroxylation sites is 7. The van der Waals surface area contributed by atoms with E-state index >= 15 is 0 Å². The van der Waals surface area contributed by atoms with Crippen LogP contribution in [0.15, 0.2) is 243 Å². The Morgan fingerprint density at radius 1 is 0.250 bits per heavy atom. The van der Waals surface area contributed by atoms with E-state index in [2.05, 4.69) is 266 Å². The molecule has 0 aliphatic carbocycles. The Morgan fingerprint density at radius 3 is 1.29 bits per heavy atom. The largest absolute Gasteiger partial charge is 0.311 e. The lowest BCUT2D eigenvalue weighted by Crippen LogP contribution is -2.61. The molecule has 0 spiro atoms. The van der Waals surface area contributed by atoms with Crippen LogP contribution >= 0.6 is 0 Å². The second kappa shape index (κ2) is 14.1. The van der Waals surface area contributed by atoms with Gasteiger partial charge in [-0.25, -0.2) is 0 Å². The van der Waals surface area contributed by atoms with Crippen molar-refractivity contribution in [3.63, 3.8) is 0 Å². The topological polar surface area (TPSA) is 20.8 Å². The summed E-state index contributed by atoms with van der Waals surface area (Å²) in [6.45, 7) is -0.0801. The average Bonchev–Trinajstić information content (AvgIpc) is 4.18. The Hall–Kier alpha value is -9.52. The fraction of sp³-hybridized carbons (Fsp3) is 0. The first kappa shape index (κ1) is 38.3. The van der Waals surface area contributed by atoms with Gasteiger partial charge in [0, 0.05) is 88.6 Å². The monoisotopic (exact) mass is 913 g/mol. The zero-order valence-corrected chi connectivity index (χ0v) is 38.9. The standard InChI is InChI=1S/C66H40BN5/c1-2-16-41(17-3-1)70-62-31-15-30-61-65(62)67(54-39-52-51-24-14-23-50-49-22-8-13-29-59(49)72(66(50)51)63(52)40-64(54)70)53-38-44(71-57-27-11-6-20-47(57)48-21-7-12-28-58(48)71)36-37-60(53)69(61)43-34-32-42(33-35-43)68-55-25-9-4-18-45(55)46-19-5-10-26-56(46)68/h1-40H.